The van der Waals surface area contributed by atoms with E-state index < -0.39 is 10.0 Å². The molecule has 0 atom stereocenters. The smallest absolute Gasteiger partial charge is 0.243 e. The number of nitrogens with zero attached hydrogens (tertiary/aromatic N) is 3. The Labute approximate surface area is 208 Å². The van der Waals surface area contributed by atoms with Crippen LogP contribution in [0.1, 0.15) is 30.4 Å². The van der Waals surface area contributed by atoms with Crippen molar-refractivity contribution < 1.29 is 17.9 Å². The first-order chi connectivity index (χ1) is 16.9. The molecule has 8 nitrogen and oxygen atoms in total. The van der Waals surface area contributed by atoms with Crippen LogP contribution in [0.5, 0.6) is 5.75 Å². The van der Waals surface area contributed by atoms with Gasteiger partial charge in [-0.05, 0) is 67.8 Å². The Bertz CT molecular complexity index is 1110. The van der Waals surface area contributed by atoms with Crippen molar-refractivity contribution in [1.82, 2.24) is 14.5 Å². The fourth-order valence-electron chi connectivity index (χ4n) is 4.61. The highest BCUT2D eigenvalue weighted by atomic mass is 32.2. The van der Waals surface area contributed by atoms with Crippen LogP contribution in [0, 0.1) is 0 Å². The SMILES string of the molecule is COc1ccc(S(=O)(=O)N2CCCC2)cc1CCC(=O)NCc1ccc(N2CCN(C)CC2)cc1. The number of carbonyl (C=O) groups excluding carboxylic acids is 1. The predicted octanol–water partition coefficient (Wildman–Crippen LogP) is 2.48. The number of benzene rings is 2. The third kappa shape index (κ3) is 6.34. The Morgan fingerprint density at radius 2 is 1.66 bits per heavy atom. The average molecular weight is 501 g/mol. The predicted molar refractivity (Wildman–Crippen MR) is 137 cm³/mol. The van der Waals surface area contributed by atoms with Crippen molar-refractivity contribution in [2.45, 2.75) is 37.1 Å². The van der Waals surface area contributed by atoms with Crippen molar-refractivity contribution in [3.8, 4) is 5.75 Å². The van der Waals surface area contributed by atoms with E-state index in [-0.39, 0.29) is 17.2 Å². The molecule has 9 heteroatoms. The summed E-state index contributed by atoms with van der Waals surface area (Å²) in [6, 6.07) is 13.3. The van der Waals surface area contributed by atoms with Crippen molar-refractivity contribution in [3.05, 3.63) is 53.6 Å². The summed E-state index contributed by atoms with van der Waals surface area (Å²) in [6.07, 6.45) is 2.44. The second-order valence-electron chi connectivity index (χ2n) is 9.32. The van der Waals surface area contributed by atoms with Crippen molar-refractivity contribution >= 4 is 21.6 Å². The maximum atomic E-state index is 12.9. The minimum absolute atomic E-state index is 0.0806. The molecule has 2 aromatic rings. The number of piperazine rings is 1. The molecule has 0 aromatic heterocycles. The second kappa shape index (κ2) is 11.4. The molecule has 2 aliphatic heterocycles. The molecule has 35 heavy (non-hydrogen) atoms. The average Bonchev–Trinajstić information content (AvgIpc) is 3.43. The molecule has 0 unspecified atom stereocenters. The van der Waals surface area contributed by atoms with E-state index in [1.165, 1.54) is 9.99 Å². The molecule has 1 amide bonds. The molecule has 1 N–H and O–H groups in total. The van der Waals surface area contributed by atoms with E-state index >= 15 is 0 Å². The van der Waals surface area contributed by atoms with Crippen LogP contribution in [0.15, 0.2) is 47.4 Å². The number of ether oxygens (including phenoxy) is 1. The number of aryl methyl sites for hydroxylation is 1. The maximum absolute atomic E-state index is 12.9. The largest absolute Gasteiger partial charge is 0.496 e. The van der Waals surface area contributed by atoms with Gasteiger partial charge in [-0.15, -0.1) is 0 Å². The van der Waals surface area contributed by atoms with E-state index in [1.54, 1.807) is 25.3 Å². The molecular weight excluding hydrogens is 464 g/mol. The zero-order valence-electron chi connectivity index (χ0n) is 20.7. The lowest BCUT2D eigenvalue weighted by Crippen LogP contribution is -2.44. The highest BCUT2D eigenvalue weighted by Crippen LogP contribution is 2.27. The van der Waals surface area contributed by atoms with Crippen molar-refractivity contribution in [2.24, 2.45) is 0 Å². The van der Waals surface area contributed by atoms with E-state index in [1.807, 2.05) is 0 Å². The zero-order valence-corrected chi connectivity index (χ0v) is 21.5. The van der Waals surface area contributed by atoms with Gasteiger partial charge >= 0.3 is 0 Å². The summed E-state index contributed by atoms with van der Waals surface area (Å²) in [5.74, 6) is 0.515. The molecule has 0 bridgehead atoms. The zero-order chi connectivity index (χ0) is 24.8. The summed E-state index contributed by atoms with van der Waals surface area (Å²) in [7, 11) is 0.186. The van der Waals surface area contributed by atoms with Gasteiger partial charge in [-0.2, -0.15) is 4.31 Å². The van der Waals surface area contributed by atoms with Crippen LogP contribution < -0.4 is 15.0 Å². The van der Waals surface area contributed by atoms with E-state index in [2.05, 4.69) is 46.4 Å². The number of anilines is 1. The van der Waals surface area contributed by atoms with Gasteiger partial charge in [0, 0.05) is 57.9 Å². The molecule has 0 saturated carbocycles. The molecule has 0 radical (unpaired) electrons. The Hall–Kier alpha value is -2.62. The molecule has 0 spiro atoms. The number of hydrogen-bond donors (Lipinski definition) is 1. The van der Waals surface area contributed by atoms with Gasteiger partial charge in [-0.3, -0.25) is 4.79 Å². The summed E-state index contributed by atoms with van der Waals surface area (Å²) in [4.78, 5) is 17.5. The van der Waals surface area contributed by atoms with Gasteiger partial charge in [-0.25, -0.2) is 8.42 Å². The summed E-state index contributed by atoms with van der Waals surface area (Å²) in [6.45, 7) is 5.76. The van der Waals surface area contributed by atoms with Gasteiger partial charge in [0.1, 0.15) is 5.75 Å². The summed E-state index contributed by atoms with van der Waals surface area (Å²) in [5, 5.41) is 2.97. The normalized spacial score (nSPS) is 17.5. The lowest BCUT2D eigenvalue weighted by atomic mass is 10.1. The number of rotatable bonds is 9. The fraction of sp³-hybridized carbons (Fsp3) is 0.500. The van der Waals surface area contributed by atoms with Crippen LogP contribution in [0.4, 0.5) is 5.69 Å². The molecule has 2 aromatic carbocycles. The standard InChI is InChI=1S/C26H36N4O4S/c1-28-15-17-29(18-16-28)23-8-5-21(6-9-23)20-27-26(31)12-7-22-19-24(10-11-25(22)34-2)35(32,33)30-13-3-4-14-30/h5-6,8-11,19H,3-4,7,12-18,20H2,1-2H3,(H,27,31). The third-order valence-electron chi connectivity index (χ3n) is 6.87. The molecular formula is C26H36N4O4S. The highest BCUT2D eigenvalue weighted by molar-refractivity contribution is 7.89. The number of likely N-dealkylation sites (N-methyl/N-ethyl adjacent to an activating group) is 1. The number of sulfonamides is 1. The van der Waals surface area contributed by atoms with Crippen molar-refractivity contribution in [1.29, 1.82) is 0 Å². The van der Waals surface area contributed by atoms with Crippen LogP contribution in [0.3, 0.4) is 0 Å². The Morgan fingerprint density at radius 1 is 0.971 bits per heavy atom. The van der Waals surface area contributed by atoms with E-state index in [0.29, 0.717) is 31.8 Å². The van der Waals surface area contributed by atoms with E-state index in [0.717, 1.165) is 50.1 Å². The molecule has 0 aliphatic carbocycles. The lowest BCUT2D eigenvalue weighted by Gasteiger charge is -2.34. The number of amides is 1. The maximum Gasteiger partial charge on any atom is 0.243 e. The minimum Gasteiger partial charge on any atom is -0.496 e. The van der Waals surface area contributed by atoms with Crippen LogP contribution >= 0.6 is 0 Å². The first-order valence-electron chi connectivity index (χ1n) is 12.3. The minimum atomic E-state index is -3.51. The van der Waals surface area contributed by atoms with Crippen LogP contribution in [-0.2, 0) is 27.8 Å². The first kappa shape index (κ1) is 25.5. The van der Waals surface area contributed by atoms with Crippen LogP contribution in [0.25, 0.3) is 0 Å². The number of methoxy groups -OCH3 is 1. The van der Waals surface area contributed by atoms with E-state index in [9.17, 15) is 13.2 Å². The van der Waals surface area contributed by atoms with Crippen LogP contribution in [-0.4, -0.2) is 77.0 Å². The molecule has 2 heterocycles. The molecule has 2 fully saturated rings. The fourth-order valence-corrected chi connectivity index (χ4v) is 6.18. The number of carbonyl (C=O) groups is 1. The van der Waals surface area contributed by atoms with Gasteiger partial charge in [0.15, 0.2) is 0 Å². The highest BCUT2D eigenvalue weighted by Gasteiger charge is 2.27. The van der Waals surface area contributed by atoms with E-state index in [4.69, 9.17) is 4.74 Å². The van der Waals surface area contributed by atoms with Gasteiger partial charge in [0.25, 0.3) is 0 Å². The van der Waals surface area contributed by atoms with Gasteiger partial charge in [0.2, 0.25) is 15.9 Å². The lowest BCUT2D eigenvalue weighted by molar-refractivity contribution is -0.121. The van der Waals surface area contributed by atoms with Crippen molar-refractivity contribution in [2.75, 3.05) is 58.3 Å². The Balaban J connectivity index is 1.31. The molecule has 2 aliphatic rings. The Morgan fingerprint density at radius 3 is 2.31 bits per heavy atom. The molecule has 2 saturated heterocycles. The molecule has 190 valence electrons. The van der Waals surface area contributed by atoms with Gasteiger partial charge in [0.05, 0.1) is 12.0 Å². The van der Waals surface area contributed by atoms with Crippen molar-refractivity contribution in [3.63, 3.8) is 0 Å². The number of hydrogen-bond acceptors (Lipinski definition) is 6. The molecule has 4 rings (SSSR count). The monoisotopic (exact) mass is 500 g/mol. The van der Waals surface area contributed by atoms with Gasteiger partial charge < -0.3 is 19.9 Å². The topological polar surface area (TPSA) is 82.2 Å². The summed E-state index contributed by atoms with van der Waals surface area (Å²) < 4.78 is 32.8. The summed E-state index contributed by atoms with van der Waals surface area (Å²) in [5.41, 5.74) is 2.98. The van der Waals surface area contributed by atoms with Gasteiger partial charge in [-0.1, -0.05) is 12.1 Å². The Kier molecular flexibility index (Phi) is 8.30. The summed E-state index contributed by atoms with van der Waals surface area (Å²) >= 11 is 0. The second-order valence-corrected chi connectivity index (χ2v) is 11.3. The quantitative estimate of drug-likeness (QED) is 0.570. The van der Waals surface area contributed by atoms with Crippen LogP contribution in [0.2, 0.25) is 0 Å². The first-order valence-corrected chi connectivity index (χ1v) is 13.8. The third-order valence-corrected chi connectivity index (χ3v) is 8.77. The number of nitrogens with one attached hydrogen (secondary N) is 1.